The average Bonchev–Trinajstić information content (AvgIpc) is 2.60. The molecule has 0 amide bonds. The van der Waals surface area contributed by atoms with Gasteiger partial charge in [0.25, 0.3) is 0 Å². The van der Waals surface area contributed by atoms with E-state index in [9.17, 15) is 8.42 Å². The Balaban J connectivity index is 1.73. The molecule has 0 aliphatic rings. The standard InChI is InChI=1S/C20H30N4O3S/c1-16-15-18(27-17-11-7-5-8-12-17)24-19(23-16)21-13-9-6-10-14-22-28(25,26)20(2,3)4/h5,7-8,11-12,15,22H,6,9-10,13-14H2,1-4H3,(H,21,23,24). The van der Waals surface area contributed by atoms with Gasteiger partial charge in [0, 0.05) is 24.8 Å². The third kappa shape index (κ3) is 7.09. The molecule has 7 nitrogen and oxygen atoms in total. The first-order valence-electron chi connectivity index (χ1n) is 9.49. The first kappa shape index (κ1) is 22.1. The highest BCUT2D eigenvalue weighted by atomic mass is 32.2. The number of nitrogens with one attached hydrogen (secondary N) is 2. The molecule has 0 saturated heterocycles. The molecular weight excluding hydrogens is 376 g/mol. The van der Waals surface area contributed by atoms with Crippen LogP contribution >= 0.6 is 0 Å². The highest BCUT2D eigenvalue weighted by molar-refractivity contribution is 7.90. The number of unbranched alkanes of at least 4 members (excludes halogenated alkanes) is 2. The molecule has 1 aromatic heterocycles. The first-order valence-corrected chi connectivity index (χ1v) is 11.0. The molecule has 0 bridgehead atoms. The summed E-state index contributed by atoms with van der Waals surface area (Å²) in [5, 5.41) is 3.20. The lowest BCUT2D eigenvalue weighted by Gasteiger charge is -2.19. The molecule has 0 atom stereocenters. The molecule has 0 fully saturated rings. The van der Waals surface area contributed by atoms with Crippen molar-refractivity contribution in [1.29, 1.82) is 0 Å². The fraction of sp³-hybridized carbons (Fsp3) is 0.500. The Morgan fingerprint density at radius 1 is 1.00 bits per heavy atom. The van der Waals surface area contributed by atoms with Crippen LogP contribution in [0.2, 0.25) is 0 Å². The molecule has 8 heteroatoms. The molecule has 0 aliphatic carbocycles. The van der Waals surface area contributed by atoms with Crippen LogP contribution in [-0.4, -0.2) is 36.2 Å². The molecule has 0 unspecified atom stereocenters. The van der Waals surface area contributed by atoms with Gasteiger partial charge in [0.05, 0.1) is 4.75 Å². The number of rotatable bonds is 10. The molecule has 1 aromatic carbocycles. The zero-order chi connectivity index (χ0) is 20.6. The van der Waals surface area contributed by atoms with Crippen molar-refractivity contribution < 1.29 is 13.2 Å². The summed E-state index contributed by atoms with van der Waals surface area (Å²) in [6.07, 6.45) is 2.58. The number of para-hydroxylation sites is 1. The largest absolute Gasteiger partial charge is 0.439 e. The van der Waals surface area contributed by atoms with Gasteiger partial charge in [0.15, 0.2) is 0 Å². The Labute approximate surface area is 168 Å². The Morgan fingerprint density at radius 2 is 1.68 bits per heavy atom. The average molecular weight is 407 g/mol. The minimum absolute atomic E-state index is 0.454. The van der Waals surface area contributed by atoms with E-state index in [0.717, 1.165) is 30.7 Å². The second kappa shape index (κ2) is 9.84. The maximum atomic E-state index is 12.0. The second-order valence-electron chi connectivity index (χ2n) is 7.58. The third-order valence-corrected chi connectivity index (χ3v) is 6.23. The maximum Gasteiger partial charge on any atom is 0.226 e. The lowest BCUT2D eigenvalue weighted by molar-refractivity contribution is 0.461. The van der Waals surface area contributed by atoms with Crippen LogP contribution in [0.15, 0.2) is 36.4 Å². The Hall–Kier alpha value is -2.19. The zero-order valence-corrected chi connectivity index (χ0v) is 17.8. The van der Waals surface area contributed by atoms with Gasteiger partial charge in [0.2, 0.25) is 21.9 Å². The summed E-state index contributed by atoms with van der Waals surface area (Å²) in [5.41, 5.74) is 0.819. The van der Waals surface area contributed by atoms with Crippen molar-refractivity contribution in [2.45, 2.75) is 51.7 Å². The summed E-state index contributed by atoms with van der Waals surface area (Å²) in [4.78, 5) is 8.76. The smallest absolute Gasteiger partial charge is 0.226 e. The van der Waals surface area contributed by atoms with Crippen molar-refractivity contribution in [1.82, 2.24) is 14.7 Å². The quantitative estimate of drug-likeness (QED) is 0.582. The lowest BCUT2D eigenvalue weighted by atomic mass is 10.2. The number of aromatic nitrogens is 2. The maximum absolute atomic E-state index is 12.0. The van der Waals surface area contributed by atoms with E-state index in [2.05, 4.69) is 20.0 Å². The van der Waals surface area contributed by atoms with E-state index >= 15 is 0 Å². The first-order chi connectivity index (χ1) is 13.2. The molecule has 1 heterocycles. The molecule has 2 aromatic rings. The van der Waals surface area contributed by atoms with Gasteiger partial charge in [-0.1, -0.05) is 24.6 Å². The number of sulfonamides is 1. The summed E-state index contributed by atoms with van der Waals surface area (Å²) in [5.74, 6) is 1.75. The van der Waals surface area contributed by atoms with Gasteiger partial charge in [-0.25, -0.2) is 18.1 Å². The number of nitrogens with zero attached hydrogens (tertiary/aromatic N) is 2. The fourth-order valence-corrected chi connectivity index (χ4v) is 3.18. The van der Waals surface area contributed by atoms with Crippen molar-refractivity contribution in [2.24, 2.45) is 0 Å². The lowest BCUT2D eigenvalue weighted by Crippen LogP contribution is -2.39. The van der Waals surface area contributed by atoms with Crippen LogP contribution in [0.1, 0.15) is 45.7 Å². The molecule has 2 N–H and O–H groups in total. The van der Waals surface area contributed by atoms with Crippen LogP contribution in [0.4, 0.5) is 5.95 Å². The van der Waals surface area contributed by atoms with Crippen LogP contribution in [0.5, 0.6) is 11.6 Å². The predicted octanol–water partition coefficient (Wildman–Crippen LogP) is 3.88. The third-order valence-electron chi connectivity index (χ3n) is 4.03. The van der Waals surface area contributed by atoms with Gasteiger partial charge in [-0.05, 0) is 52.7 Å². The van der Waals surface area contributed by atoms with E-state index in [1.807, 2.05) is 37.3 Å². The van der Waals surface area contributed by atoms with E-state index in [1.165, 1.54) is 0 Å². The molecule has 0 radical (unpaired) electrons. The number of hydrogen-bond acceptors (Lipinski definition) is 6. The normalized spacial score (nSPS) is 12.0. The Kier molecular flexibility index (Phi) is 7.77. The van der Waals surface area contributed by atoms with Gasteiger partial charge in [-0.2, -0.15) is 4.98 Å². The summed E-state index contributed by atoms with van der Waals surface area (Å²) in [7, 11) is -3.27. The van der Waals surface area contributed by atoms with Gasteiger partial charge in [-0.15, -0.1) is 0 Å². The number of aryl methyl sites for hydroxylation is 1. The molecule has 0 saturated carbocycles. The number of benzene rings is 1. The van der Waals surface area contributed by atoms with Crippen LogP contribution in [-0.2, 0) is 10.0 Å². The number of anilines is 1. The summed E-state index contributed by atoms with van der Waals surface area (Å²) >= 11 is 0. The minimum atomic E-state index is -3.27. The Bertz CT molecular complexity index is 849. The molecule has 2 rings (SSSR count). The SMILES string of the molecule is Cc1cc(Oc2ccccc2)nc(NCCCCCNS(=O)(=O)C(C)(C)C)n1. The molecule has 154 valence electrons. The van der Waals surface area contributed by atoms with Crippen molar-refractivity contribution in [3.8, 4) is 11.6 Å². The molecular formula is C20H30N4O3S. The van der Waals surface area contributed by atoms with Gasteiger partial charge in [-0.3, -0.25) is 0 Å². The van der Waals surface area contributed by atoms with Crippen molar-refractivity contribution in [2.75, 3.05) is 18.4 Å². The van der Waals surface area contributed by atoms with E-state index in [0.29, 0.717) is 24.9 Å². The van der Waals surface area contributed by atoms with Crippen LogP contribution in [0.3, 0.4) is 0 Å². The van der Waals surface area contributed by atoms with Gasteiger partial charge in [0.1, 0.15) is 5.75 Å². The van der Waals surface area contributed by atoms with Gasteiger partial charge < -0.3 is 10.1 Å². The number of hydrogen-bond donors (Lipinski definition) is 2. The van der Waals surface area contributed by atoms with E-state index in [-0.39, 0.29) is 0 Å². The van der Waals surface area contributed by atoms with E-state index < -0.39 is 14.8 Å². The predicted molar refractivity (Wildman–Crippen MR) is 112 cm³/mol. The minimum Gasteiger partial charge on any atom is -0.439 e. The monoisotopic (exact) mass is 406 g/mol. The molecule has 28 heavy (non-hydrogen) atoms. The van der Waals surface area contributed by atoms with Crippen molar-refractivity contribution in [3.05, 3.63) is 42.1 Å². The van der Waals surface area contributed by atoms with Crippen molar-refractivity contribution in [3.63, 3.8) is 0 Å². The Morgan fingerprint density at radius 3 is 2.36 bits per heavy atom. The van der Waals surface area contributed by atoms with Crippen molar-refractivity contribution >= 4 is 16.0 Å². The second-order valence-corrected chi connectivity index (χ2v) is 10.1. The fourth-order valence-electron chi connectivity index (χ4n) is 2.33. The van der Waals surface area contributed by atoms with Crippen LogP contribution in [0, 0.1) is 6.92 Å². The van der Waals surface area contributed by atoms with E-state index in [4.69, 9.17) is 4.74 Å². The summed E-state index contributed by atoms with van der Waals surface area (Å²) in [6, 6.07) is 11.3. The van der Waals surface area contributed by atoms with Crippen LogP contribution < -0.4 is 14.8 Å². The summed E-state index contributed by atoms with van der Waals surface area (Å²) < 4.78 is 31.6. The number of ether oxygens (including phenoxy) is 1. The zero-order valence-electron chi connectivity index (χ0n) is 17.0. The topological polar surface area (TPSA) is 93.2 Å². The highest BCUT2D eigenvalue weighted by Crippen LogP contribution is 2.20. The van der Waals surface area contributed by atoms with Gasteiger partial charge >= 0.3 is 0 Å². The molecule has 0 spiro atoms. The van der Waals surface area contributed by atoms with Crippen LogP contribution in [0.25, 0.3) is 0 Å². The van der Waals surface area contributed by atoms with E-state index in [1.54, 1.807) is 26.8 Å². The molecule has 0 aliphatic heterocycles. The highest BCUT2D eigenvalue weighted by Gasteiger charge is 2.27. The summed E-state index contributed by atoms with van der Waals surface area (Å²) in [6.45, 7) is 8.13.